The van der Waals surface area contributed by atoms with Gasteiger partial charge in [-0.05, 0) is 26.8 Å². The molecule has 2 N–H and O–H groups in total. The predicted octanol–water partition coefficient (Wildman–Crippen LogP) is 1.81. The zero-order valence-electron chi connectivity index (χ0n) is 8.79. The van der Waals surface area contributed by atoms with Crippen LogP contribution in [0.2, 0.25) is 0 Å². The van der Waals surface area contributed by atoms with Gasteiger partial charge in [0.1, 0.15) is 11.5 Å². The number of ketones is 2. The van der Waals surface area contributed by atoms with E-state index < -0.39 is 0 Å². The molecule has 0 saturated heterocycles. The summed E-state index contributed by atoms with van der Waals surface area (Å²) >= 11 is 0. The van der Waals surface area contributed by atoms with Crippen LogP contribution in [-0.4, -0.2) is 21.8 Å². The van der Waals surface area contributed by atoms with E-state index in [-0.39, 0.29) is 39.8 Å². The van der Waals surface area contributed by atoms with E-state index in [1.165, 1.54) is 26.8 Å². The lowest BCUT2D eigenvalue weighted by molar-refractivity contribution is 0.101. The Morgan fingerprint density at radius 2 is 1.33 bits per heavy atom. The molecule has 0 aliphatic heterocycles. The standard InChI is InChI=1S/C11H12O4/c1-5-10(14)8(6(2)12)4-9(7(3)13)11(5)15/h4,14-15H,1-3H3. The predicted molar refractivity (Wildman–Crippen MR) is 54.5 cm³/mol. The first-order valence-corrected chi connectivity index (χ1v) is 4.43. The van der Waals surface area contributed by atoms with Crippen molar-refractivity contribution in [3.63, 3.8) is 0 Å². The molecule has 0 radical (unpaired) electrons. The summed E-state index contributed by atoms with van der Waals surface area (Å²) in [6, 6.07) is 1.21. The van der Waals surface area contributed by atoms with E-state index in [1.807, 2.05) is 0 Å². The van der Waals surface area contributed by atoms with Crippen LogP contribution in [0.1, 0.15) is 40.1 Å². The number of phenolic OH excluding ortho intramolecular Hbond substituents is 2. The molecule has 0 fully saturated rings. The molecule has 15 heavy (non-hydrogen) atoms. The molecular weight excluding hydrogens is 196 g/mol. The third kappa shape index (κ3) is 1.83. The first-order chi connectivity index (χ1) is 6.86. The minimum Gasteiger partial charge on any atom is -0.507 e. The van der Waals surface area contributed by atoms with Crippen LogP contribution in [0, 0.1) is 6.92 Å². The lowest BCUT2D eigenvalue weighted by Gasteiger charge is -2.09. The van der Waals surface area contributed by atoms with Crippen molar-refractivity contribution in [2.24, 2.45) is 0 Å². The van der Waals surface area contributed by atoms with Crippen LogP contribution in [0.15, 0.2) is 6.07 Å². The van der Waals surface area contributed by atoms with E-state index >= 15 is 0 Å². The average molecular weight is 208 g/mol. The molecule has 0 atom stereocenters. The summed E-state index contributed by atoms with van der Waals surface area (Å²) in [5, 5.41) is 19.1. The highest BCUT2D eigenvalue weighted by Crippen LogP contribution is 2.33. The van der Waals surface area contributed by atoms with E-state index in [9.17, 15) is 19.8 Å². The Morgan fingerprint density at radius 3 is 1.60 bits per heavy atom. The van der Waals surface area contributed by atoms with Crippen LogP contribution >= 0.6 is 0 Å². The van der Waals surface area contributed by atoms with Gasteiger partial charge in [0.05, 0.1) is 11.1 Å². The van der Waals surface area contributed by atoms with Crippen molar-refractivity contribution in [2.75, 3.05) is 0 Å². The van der Waals surface area contributed by atoms with Gasteiger partial charge in [-0.25, -0.2) is 0 Å². The molecule has 0 aliphatic rings. The van der Waals surface area contributed by atoms with E-state index in [2.05, 4.69) is 0 Å². The number of rotatable bonds is 2. The number of hydrogen-bond donors (Lipinski definition) is 2. The maximum Gasteiger partial charge on any atom is 0.163 e. The Labute approximate surface area is 87.2 Å². The maximum atomic E-state index is 11.2. The van der Waals surface area contributed by atoms with Gasteiger partial charge < -0.3 is 10.2 Å². The molecule has 0 heterocycles. The fourth-order valence-electron chi connectivity index (χ4n) is 1.33. The highest BCUT2D eigenvalue weighted by atomic mass is 16.3. The van der Waals surface area contributed by atoms with Crippen LogP contribution in [-0.2, 0) is 0 Å². The van der Waals surface area contributed by atoms with Crippen molar-refractivity contribution in [1.82, 2.24) is 0 Å². The molecule has 0 saturated carbocycles. The Morgan fingerprint density at radius 1 is 1.00 bits per heavy atom. The van der Waals surface area contributed by atoms with Crippen molar-refractivity contribution in [2.45, 2.75) is 20.8 Å². The highest BCUT2D eigenvalue weighted by molar-refractivity contribution is 6.03. The summed E-state index contributed by atoms with van der Waals surface area (Å²) in [5.74, 6) is -1.24. The number of phenols is 2. The van der Waals surface area contributed by atoms with Crippen LogP contribution in [0.25, 0.3) is 0 Å². The third-order valence-electron chi connectivity index (χ3n) is 2.27. The van der Waals surface area contributed by atoms with Gasteiger partial charge >= 0.3 is 0 Å². The summed E-state index contributed by atoms with van der Waals surface area (Å²) in [5.41, 5.74) is 0.249. The van der Waals surface area contributed by atoms with Gasteiger partial charge in [0, 0.05) is 5.56 Å². The van der Waals surface area contributed by atoms with Gasteiger partial charge in [-0.15, -0.1) is 0 Å². The fraction of sp³-hybridized carbons (Fsp3) is 0.273. The Kier molecular flexibility index (Phi) is 2.79. The topological polar surface area (TPSA) is 74.6 Å². The first-order valence-electron chi connectivity index (χ1n) is 4.43. The number of benzene rings is 1. The lowest BCUT2D eigenvalue weighted by atomic mass is 9.99. The van der Waals surface area contributed by atoms with Crippen molar-refractivity contribution in [3.05, 3.63) is 22.8 Å². The summed E-state index contributed by atoms with van der Waals surface area (Å²) in [6.45, 7) is 4.02. The second-order valence-corrected chi connectivity index (χ2v) is 3.41. The molecule has 0 aliphatic carbocycles. The third-order valence-corrected chi connectivity index (χ3v) is 2.27. The van der Waals surface area contributed by atoms with Crippen molar-refractivity contribution < 1.29 is 19.8 Å². The molecular formula is C11H12O4. The smallest absolute Gasteiger partial charge is 0.163 e. The van der Waals surface area contributed by atoms with Gasteiger partial charge in [0.2, 0.25) is 0 Å². The SMILES string of the molecule is CC(=O)c1cc(C(C)=O)c(O)c(C)c1O. The Bertz CT molecular complexity index is 408. The maximum absolute atomic E-state index is 11.2. The molecule has 4 nitrogen and oxygen atoms in total. The van der Waals surface area contributed by atoms with Crippen LogP contribution < -0.4 is 0 Å². The number of carbonyl (C=O) groups is 2. The molecule has 0 amide bonds. The van der Waals surface area contributed by atoms with Gasteiger partial charge in [-0.3, -0.25) is 9.59 Å². The normalized spacial score (nSPS) is 10.1. The Balaban J connectivity index is 3.59. The fourth-order valence-corrected chi connectivity index (χ4v) is 1.33. The number of Topliss-reactive ketones (excluding diaryl/α,β-unsaturated/α-hetero) is 2. The van der Waals surface area contributed by atoms with Gasteiger partial charge in [0.15, 0.2) is 11.6 Å². The molecule has 0 aromatic heterocycles. The molecule has 0 spiro atoms. The van der Waals surface area contributed by atoms with Crippen LogP contribution in [0.4, 0.5) is 0 Å². The van der Waals surface area contributed by atoms with Crippen molar-refractivity contribution in [3.8, 4) is 11.5 Å². The average Bonchev–Trinajstić information content (AvgIpc) is 2.13. The molecule has 1 rings (SSSR count). The Hall–Kier alpha value is -1.84. The number of aromatic hydroxyl groups is 2. The van der Waals surface area contributed by atoms with E-state index in [4.69, 9.17) is 0 Å². The second-order valence-electron chi connectivity index (χ2n) is 3.41. The molecule has 4 heteroatoms. The van der Waals surface area contributed by atoms with Crippen LogP contribution in [0.3, 0.4) is 0 Å². The molecule has 0 unspecified atom stereocenters. The van der Waals surface area contributed by atoms with Gasteiger partial charge in [0.25, 0.3) is 0 Å². The van der Waals surface area contributed by atoms with Crippen molar-refractivity contribution >= 4 is 11.6 Å². The van der Waals surface area contributed by atoms with E-state index in [0.29, 0.717) is 0 Å². The second kappa shape index (κ2) is 3.73. The highest BCUT2D eigenvalue weighted by Gasteiger charge is 2.18. The van der Waals surface area contributed by atoms with E-state index in [1.54, 1.807) is 0 Å². The minimum absolute atomic E-state index is 0.0514. The van der Waals surface area contributed by atoms with Crippen LogP contribution in [0.5, 0.6) is 11.5 Å². The zero-order chi connectivity index (χ0) is 11.7. The molecule has 1 aromatic carbocycles. The molecule has 1 aromatic rings. The molecule has 80 valence electrons. The summed E-state index contributed by atoms with van der Waals surface area (Å²) in [4.78, 5) is 22.3. The zero-order valence-corrected chi connectivity index (χ0v) is 8.79. The van der Waals surface area contributed by atoms with Gasteiger partial charge in [-0.2, -0.15) is 0 Å². The lowest BCUT2D eigenvalue weighted by Crippen LogP contribution is -2.01. The summed E-state index contributed by atoms with van der Waals surface area (Å²) in [6.07, 6.45) is 0. The molecule has 0 bridgehead atoms. The quantitative estimate of drug-likeness (QED) is 0.727. The first kappa shape index (κ1) is 11.2. The number of hydrogen-bond acceptors (Lipinski definition) is 4. The largest absolute Gasteiger partial charge is 0.507 e. The van der Waals surface area contributed by atoms with Gasteiger partial charge in [-0.1, -0.05) is 0 Å². The summed E-state index contributed by atoms with van der Waals surface area (Å²) < 4.78 is 0. The van der Waals surface area contributed by atoms with E-state index in [0.717, 1.165) is 0 Å². The minimum atomic E-state index is -0.349. The monoisotopic (exact) mass is 208 g/mol. The number of carbonyl (C=O) groups excluding carboxylic acids is 2. The summed E-state index contributed by atoms with van der Waals surface area (Å²) in [7, 11) is 0. The van der Waals surface area contributed by atoms with Crippen molar-refractivity contribution in [1.29, 1.82) is 0 Å².